The smallest absolute Gasteiger partial charge is 0.161 e. The molecule has 0 N–H and O–H groups in total. The van der Waals surface area contributed by atoms with Gasteiger partial charge in [-0.2, -0.15) is 0 Å². The summed E-state index contributed by atoms with van der Waals surface area (Å²) in [6, 6.07) is 13.7. The van der Waals surface area contributed by atoms with Crippen molar-refractivity contribution >= 4 is 0 Å². The quantitative estimate of drug-likeness (QED) is 0.324. The van der Waals surface area contributed by atoms with Crippen LogP contribution >= 0.6 is 0 Å². The molecule has 0 spiro atoms. The van der Waals surface area contributed by atoms with Crippen LogP contribution in [-0.2, 0) is 19.3 Å². The van der Waals surface area contributed by atoms with E-state index in [2.05, 4.69) is 57.2 Å². The largest absolute Gasteiger partial charge is 0.494 e. The SMILES string of the molecule is CCOc1cc2c(cc1C)Cc1cc(C)c(C)cc1Cc1cc(OCC)c(OCC)cc1C2. The standard InChI is InChI=1S/C30H36O3/c1-7-31-28-16-25-15-27-18-30(33-9-3)29(32-8-2)17-26(27)14-23-11-20(5)19(4)10-22(23)13-24(25)12-21(28)6/h10-12,16-18H,7-9,13-15H2,1-6H3. The van der Waals surface area contributed by atoms with E-state index in [0.717, 1.165) is 36.5 Å². The minimum absolute atomic E-state index is 0.616. The lowest BCUT2D eigenvalue weighted by Crippen LogP contribution is -2.04. The van der Waals surface area contributed by atoms with Crippen molar-refractivity contribution in [2.75, 3.05) is 19.8 Å². The topological polar surface area (TPSA) is 27.7 Å². The Kier molecular flexibility index (Phi) is 6.97. The maximum Gasteiger partial charge on any atom is 0.161 e. The van der Waals surface area contributed by atoms with Gasteiger partial charge in [-0.05, 0) is 129 Å². The number of ether oxygens (including phenoxy) is 3. The van der Waals surface area contributed by atoms with Gasteiger partial charge in [0.2, 0.25) is 0 Å². The molecule has 3 nitrogen and oxygen atoms in total. The zero-order valence-electron chi connectivity index (χ0n) is 20.9. The fourth-order valence-electron chi connectivity index (χ4n) is 4.82. The Morgan fingerprint density at radius 3 is 1.15 bits per heavy atom. The summed E-state index contributed by atoms with van der Waals surface area (Å²) in [6.45, 7) is 14.6. The lowest BCUT2D eigenvalue weighted by Gasteiger charge is -2.18. The molecule has 0 amide bonds. The molecule has 0 bridgehead atoms. The van der Waals surface area contributed by atoms with Crippen LogP contribution in [0.1, 0.15) is 70.8 Å². The number of hydrogen-bond donors (Lipinski definition) is 0. The lowest BCUT2D eigenvalue weighted by atomic mass is 9.91. The highest BCUT2D eigenvalue weighted by Crippen LogP contribution is 2.37. The van der Waals surface area contributed by atoms with Crippen LogP contribution in [0, 0.1) is 20.8 Å². The highest BCUT2D eigenvalue weighted by atomic mass is 16.5. The summed E-state index contributed by atoms with van der Waals surface area (Å²) in [5.74, 6) is 2.64. The molecule has 0 saturated carbocycles. The molecule has 0 heterocycles. The molecule has 3 aromatic rings. The van der Waals surface area contributed by atoms with Crippen molar-refractivity contribution < 1.29 is 14.2 Å². The van der Waals surface area contributed by atoms with Gasteiger partial charge in [-0.3, -0.25) is 0 Å². The zero-order chi connectivity index (χ0) is 23.5. The van der Waals surface area contributed by atoms with Crippen LogP contribution in [0.4, 0.5) is 0 Å². The molecular formula is C30H36O3. The van der Waals surface area contributed by atoms with E-state index >= 15 is 0 Å². The number of rotatable bonds is 6. The molecule has 1 aliphatic carbocycles. The Labute approximate surface area is 198 Å². The predicted molar refractivity (Wildman–Crippen MR) is 135 cm³/mol. The monoisotopic (exact) mass is 444 g/mol. The Morgan fingerprint density at radius 2 is 0.758 bits per heavy atom. The van der Waals surface area contributed by atoms with E-state index in [4.69, 9.17) is 14.2 Å². The maximum absolute atomic E-state index is 5.98. The molecule has 0 saturated heterocycles. The first kappa shape index (κ1) is 23.2. The van der Waals surface area contributed by atoms with Crippen LogP contribution in [0.15, 0.2) is 36.4 Å². The molecular weight excluding hydrogens is 408 g/mol. The van der Waals surface area contributed by atoms with Gasteiger partial charge >= 0.3 is 0 Å². The van der Waals surface area contributed by atoms with Crippen molar-refractivity contribution in [2.24, 2.45) is 0 Å². The second kappa shape index (κ2) is 9.91. The van der Waals surface area contributed by atoms with E-state index in [1.807, 2.05) is 20.8 Å². The molecule has 0 aromatic heterocycles. The Morgan fingerprint density at radius 1 is 0.455 bits per heavy atom. The molecule has 174 valence electrons. The summed E-state index contributed by atoms with van der Waals surface area (Å²) >= 11 is 0. The first-order valence-corrected chi connectivity index (χ1v) is 12.2. The summed E-state index contributed by atoms with van der Waals surface area (Å²) in [7, 11) is 0. The highest BCUT2D eigenvalue weighted by molar-refractivity contribution is 5.55. The molecule has 0 unspecified atom stereocenters. The number of aryl methyl sites for hydroxylation is 3. The van der Waals surface area contributed by atoms with Crippen LogP contribution in [0.3, 0.4) is 0 Å². The fourth-order valence-corrected chi connectivity index (χ4v) is 4.82. The third kappa shape index (κ3) is 4.88. The van der Waals surface area contributed by atoms with E-state index in [0.29, 0.717) is 19.8 Å². The predicted octanol–water partition coefficient (Wildman–Crippen LogP) is 6.89. The van der Waals surface area contributed by atoms with Gasteiger partial charge in [-0.1, -0.05) is 18.2 Å². The summed E-state index contributed by atoms with van der Waals surface area (Å²) in [5.41, 5.74) is 12.0. The van der Waals surface area contributed by atoms with Crippen molar-refractivity contribution in [2.45, 2.75) is 60.8 Å². The molecule has 3 aromatic carbocycles. The summed E-state index contributed by atoms with van der Waals surface area (Å²) in [6.07, 6.45) is 2.68. The molecule has 0 radical (unpaired) electrons. The lowest BCUT2D eigenvalue weighted by molar-refractivity contribution is 0.287. The summed E-state index contributed by atoms with van der Waals surface area (Å²) in [4.78, 5) is 0. The van der Waals surface area contributed by atoms with E-state index in [1.165, 1.54) is 50.1 Å². The minimum Gasteiger partial charge on any atom is -0.494 e. The van der Waals surface area contributed by atoms with Crippen LogP contribution in [0.25, 0.3) is 0 Å². The van der Waals surface area contributed by atoms with Crippen LogP contribution in [-0.4, -0.2) is 19.8 Å². The van der Waals surface area contributed by atoms with Gasteiger partial charge in [0.1, 0.15) is 5.75 Å². The molecule has 3 heteroatoms. The van der Waals surface area contributed by atoms with Crippen molar-refractivity contribution in [1.29, 1.82) is 0 Å². The second-order valence-corrected chi connectivity index (χ2v) is 8.99. The third-order valence-corrected chi connectivity index (χ3v) is 6.62. The van der Waals surface area contributed by atoms with Gasteiger partial charge in [0.05, 0.1) is 19.8 Å². The van der Waals surface area contributed by atoms with Crippen molar-refractivity contribution in [3.05, 3.63) is 86.5 Å². The van der Waals surface area contributed by atoms with Crippen molar-refractivity contribution in [3.8, 4) is 17.2 Å². The second-order valence-electron chi connectivity index (χ2n) is 8.99. The Hall–Kier alpha value is -2.94. The van der Waals surface area contributed by atoms with E-state index < -0.39 is 0 Å². The highest BCUT2D eigenvalue weighted by Gasteiger charge is 2.20. The van der Waals surface area contributed by atoms with E-state index in [1.54, 1.807) is 0 Å². The van der Waals surface area contributed by atoms with Crippen LogP contribution < -0.4 is 14.2 Å². The third-order valence-electron chi connectivity index (χ3n) is 6.62. The van der Waals surface area contributed by atoms with Gasteiger partial charge in [-0.25, -0.2) is 0 Å². The van der Waals surface area contributed by atoms with Crippen LogP contribution in [0.5, 0.6) is 17.2 Å². The first-order valence-electron chi connectivity index (χ1n) is 12.2. The average Bonchev–Trinajstić information content (AvgIpc) is 2.82. The molecule has 0 aliphatic heterocycles. The van der Waals surface area contributed by atoms with Gasteiger partial charge in [0.15, 0.2) is 11.5 Å². The van der Waals surface area contributed by atoms with Crippen molar-refractivity contribution in [1.82, 2.24) is 0 Å². The maximum atomic E-state index is 5.98. The number of benzene rings is 3. The van der Waals surface area contributed by atoms with Crippen molar-refractivity contribution in [3.63, 3.8) is 0 Å². The molecule has 0 atom stereocenters. The first-order chi connectivity index (χ1) is 15.9. The van der Waals surface area contributed by atoms with E-state index in [-0.39, 0.29) is 0 Å². The van der Waals surface area contributed by atoms with E-state index in [9.17, 15) is 0 Å². The number of fused-ring (bicyclic) bond motifs is 3. The molecule has 4 rings (SSSR count). The molecule has 0 fully saturated rings. The van der Waals surface area contributed by atoms with Gasteiger partial charge in [0, 0.05) is 0 Å². The average molecular weight is 445 g/mol. The fraction of sp³-hybridized carbons (Fsp3) is 0.400. The summed E-state index contributed by atoms with van der Waals surface area (Å²) in [5, 5.41) is 0. The Bertz CT molecular complexity index is 1160. The minimum atomic E-state index is 0.616. The van der Waals surface area contributed by atoms with Gasteiger partial charge in [-0.15, -0.1) is 0 Å². The Balaban J connectivity index is 1.95. The summed E-state index contributed by atoms with van der Waals surface area (Å²) < 4.78 is 17.9. The normalized spacial score (nSPS) is 12.5. The van der Waals surface area contributed by atoms with Crippen LogP contribution in [0.2, 0.25) is 0 Å². The molecule has 1 aliphatic rings. The molecule has 33 heavy (non-hydrogen) atoms. The van der Waals surface area contributed by atoms with Gasteiger partial charge < -0.3 is 14.2 Å². The zero-order valence-corrected chi connectivity index (χ0v) is 20.9. The van der Waals surface area contributed by atoms with Gasteiger partial charge in [0.25, 0.3) is 0 Å². The number of hydrogen-bond acceptors (Lipinski definition) is 3.